The molecule has 0 saturated heterocycles. The van der Waals surface area contributed by atoms with Crippen LogP contribution in [-0.2, 0) is 4.84 Å². The Bertz CT molecular complexity index is 755. The molecule has 0 heterocycles. The lowest BCUT2D eigenvalue weighted by Gasteiger charge is -2.17. The minimum atomic E-state index is 0.288. The Morgan fingerprint density at radius 1 is 1.19 bits per heavy atom. The van der Waals surface area contributed by atoms with Crippen molar-refractivity contribution in [1.82, 2.24) is 0 Å². The molecule has 1 radical (unpaired) electrons. The van der Waals surface area contributed by atoms with E-state index in [9.17, 15) is 0 Å². The van der Waals surface area contributed by atoms with Crippen LogP contribution >= 0.6 is 31.9 Å². The molecule has 0 amide bonds. The monoisotopic (exact) mass is 482 g/mol. The third kappa shape index (κ3) is 5.24. The van der Waals surface area contributed by atoms with Crippen molar-refractivity contribution in [2.45, 2.75) is 26.2 Å². The Balaban J connectivity index is 2.30. The fourth-order valence-corrected chi connectivity index (χ4v) is 3.78. The SMILES string of the molecule is [CH2]CON=Cc1cc(Br)c(Oc2ccc(OC)c(C(C)CC)c2)c(Br)c1. The first-order chi connectivity index (χ1) is 12.5. The van der Waals surface area contributed by atoms with Gasteiger partial charge in [0.2, 0.25) is 0 Å². The molecule has 2 rings (SSSR count). The molecule has 0 bridgehead atoms. The maximum absolute atomic E-state index is 6.12. The second-order valence-corrected chi connectivity index (χ2v) is 7.41. The van der Waals surface area contributed by atoms with E-state index in [0.29, 0.717) is 11.7 Å². The number of hydrogen-bond donors (Lipinski definition) is 0. The summed E-state index contributed by atoms with van der Waals surface area (Å²) in [6, 6.07) is 9.70. The smallest absolute Gasteiger partial charge is 0.155 e. The number of rotatable bonds is 8. The van der Waals surface area contributed by atoms with Crippen LogP contribution in [0.25, 0.3) is 0 Å². The van der Waals surface area contributed by atoms with Gasteiger partial charge in [-0.2, -0.15) is 0 Å². The summed E-state index contributed by atoms with van der Waals surface area (Å²) in [4.78, 5) is 4.90. The number of oxime groups is 1. The molecule has 0 N–H and O–H groups in total. The van der Waals surface area contributed by atoms with Gasteiger partial charge in [0, 0.05) is 5.56 Å². The molecule has 1 unspecified atom stereocenters. The third-order valence-corrected chi connectivity index (χ3v) is 5.13. The lowest BCUT2D eigenvalue weighted by Crippen LogP contribution is -1.98. The molecule has 4 nitrogen and oxygen atoms in total. The van der Waals surface area contributed by atoms with Crippen LogP contribution in [0, 0.1) is 6.92 Å². The summed E-state index contributed by atoms with van der Waals surface area (Å²) in [6.07, 6.45) is 2.65. The Morgan fingerprint density at radius 2 is 1.88 bits per heavy atom. The molecule has 139 valence electrons. The summed E-state index contributed by atoms with van der Waals surface area (Å²) in [6.45, 7) is 8.19. The van der Waals surface area contributed by atoms with Crippen LogP contribution in [-0.4, -0.2) is 19.9 Å². The largest absolute Gasteiger partial charge is 0.496 e. The van der Waals surface area contributed by atoms with Crippen molar-refractivity contribution in [1.29, 1.82) is 0 Å². The van der Waals surface area contributed by atoms with Crippen LogP contribution < -0.4 is 9.47 Å². The lowest BCUT2D eigenvalue weighted by molar-refractivity contribution is 0.175. The number of nitrogens with zero attached hydrogens (tertiary/aromatic N) is 1. The van der Waals surface area contributed by atoms with Crippen LogP contribution in [0.3, 0.4) is 0 Å². The highest BCUT2D eigenvalue weighted by molar-refractivity contribution is 9.11. The lowest BCUT2D eigenvalue weighted by atomic mass is 9.97. The minimum absolute atomic E-state index is 0.288. The van der Waals surface area contributed by atoms with Crippen LogP contribution in [0.15, 0.2) is 44.4 Å². The van der Waals surface area contributed by atoms with Crippen molar-refractivity contribution in [3.63, 3.8) is 0 Å². The van der Waals surface area contributed by atoms with Crippen molar-refractivity contribution in [3.8, 4) is 17.2 Å². The quantitative estimate of drug-likeness (QED) is 0.309. The molecule has 0 aromatic heterocycles. The molecule has 0 aliphatic carbocycles. The van der Waals surface area contributed by atoms with Crippen LogP contribution in [0.2, 0.25) is 0 Å². The summed E-state index contributed by atoms with van der Waals surface area (Å²) in [5.41, 5.74) is 2.01. The Kier molecular flexibility index (Phi) is 7.97. The summed E-state index contributed by atoms with van der Waals surface area (Å²) in [5, 5.41) is 3.83. The van der Waals surface area contributed by atoms with Gasteiger partial charge in [-0.25, -0.2) is 0 Å². The topological polar surface area (TPSA) is 40.0 Å². The van der Waals surface area contributed by atoms with E-state index in [1.807, 2.05) is 30.3 Å². The molecule has 0 saturated carbocycles. The van der Waals surface area contributed by atoms with E-state index in [1.54, 1.807) is 13.3 Å². The van der Waals surface area contributed by atoms with E-state index in [1.165, 1.54) is 0 Å². The van der Waals surface area contributed by atoms with E-state index >= 15 is 0 Å². The molecule has 26 heavy (non-hydrogen) atoms. The second-order valence-electron chi connectivity index (χ2n) is 5.70. The van der Waals surface area contributed by atoms with Crippen molar-refractivity contribution in [3.05, 3.63) is 57.3 Å². The van der Waals surface area contributed by atoms with E-state index in [-0.39, 0.29) is 6.61 Å². The van der Waals surface area contributed by atoms with Gasteiger partial charge in [0.25, 0.3) is 0 Å². The van der Waals surface area contributed by atoms with Crippen LogP contribution in [0.4, 0.5) is 0 Å². The zero-order valence-electron chi connectivity index (χ0n) is 15.1. The van der Waals surface area contributed by atoms with Gasteiger partial charge in [0.05, 0.1) is 22.3 Å². The van der Waals surface area contributed by atoms with Crippen LogP contribution in [0.1, 0.15) is 37.3 Å². The highest BCUT2D eigenvalue weighted by Crippen LogP contribution is 2.39. The zero-order valence-corrected chi connectivity index (χ0v) is 18.3. The molecule has 0 aliphatic heterocycles. The van der Waals surface area contributed by atoms with E-state index in [4.69, 9.17) is 14.3 Å². The number of benzene rings is 2. The van der Waals surface area contributed by atoms with Gasteiger partial charge in [0.15, 0.2) is 5.75 Å². The Morgan fingerprint density at radius 3 is 2.46 bits per heavy atom. The molecule has 0 spiro atoms. The Labute approximate surface area is 171 Å². The maximum atomic E-state index is 6.12. The fraction of sp³-hybridized carbons (Fsp3) is 0.300. The number of hydrogen-bond acceptors (Lipinski definition) is 4. The normalized spacial score (nSPS) is 12.2. The van der Waals surface area contributed by atoms with Crippen molar-refractivity contribution >= 4 is 38.1 Å². The summed E-state index contributed by atoms with van der Waals surface area (Å²) < 4.78 is 13.2. The van der Waals surface area contributed by atoms with Gasteiger partial charge in [-0.05, 0) is 87.0 Å². The molecule has 6 heteroatoms. The first-order valence-electron chi connectivity index (χ1n) is 8.29. The molecule has 1 atom stereocenters. The second kappa shape index (κ2) is 9.97. The summed E-state index contributed by atoms with van der Waals surface area (Å²) in [5.74, 6) is 2.71. The van der Waals surface area contributed by atoms with Crippen LogP contribution in [0.5, 0.6) is 17.2 Å². The van der Waals surface area contributed by atoms with Gasteiger partial charge < -0.3 is 14.3 Å². The zero-order chi connectivity index (χ0) is 19.1. The van der Waals surface area contributed by atoms with E-state index in [2.05, 4.69) is 57.8 Å². The van der Waals surface area contributed by atoms with Gasteiger partial charge >= 0.3 is 0 Å². The molecular formula is C20H22Br2NO3. The first kappa shape index (κ1) is 20.8. The standard InChI is InChI=1S/C20H22Br2NO3/c1-5-13(3)16-11-15(7-8-19(16)24-4)26-20-17(21)9-14(10-18(20)22)12-23-25-6-2/h7-13H,2,5-6H2,1,3-4H3. The fourth-order valence-electron chi connectivity index (χ4n) is 2.40. The molecule has 0 fully saturated rings. The van der Waals surface area contributed by atoms with Crippen molar-refractivity contribution < 1.29 is 14.3 Å². The highest BCUT2D eigenvalue weighted by atomic mass is 79.9. The molecular weight excluding hydrogens is 462 g/mol. The molecule has 2 aromatic carbocycles. The van der Waals surface area contributed by atoms with Gasteiger partial charge in [0.1, 0.15) is 18.1 Å². The number of ether oxygens (including phenoxy) is 2. The predicted molar refractivity (Wildman–Crippen MR) is 113 cm³/mol. The van der Waals surface area contributed by atoms with Crippen molar-refractivity contribution in [2.24, 2.45) is 5.16 Å². The predicted octanol–water partition coefficient (Wildman–Crippen LogP) is 6.71. The average molecular weight is 484 g/mol. The summed E-state index contributed by atoms with van der Waals surface area (Å²) in [7, 11) is 1.69. The molecule has 2 aromatic rings. The average Bonchev–Trinajstić information content (AvgIpc) is 2.64. The third-order valence-electron chi connectivity index (χ3n) is 3.95. The van der Waals surface area contributed by atoms with Gasteiger partial charge in [-0.3, -0.25) is 0 Å². The first-order valence-corrected chi connectivity index (χ1v) is 9.88. The number of halogens is 2. The van der Waals surface area contributed by atoms with Crippen molar-refractivity contribution in [2.75, 3.05) is 13.7 Å². The molecule has 0 aliphatic rings. The van der Waals surface area contributed by atoms with Gasteiger partial charge in [-0.15, -0.1) is 0 Å². The van der Waals surface area contributed by atoms with Gasteiger partial charge in [-0.1, -0.05) is 19.0 Å². The maximum Gasteiger partial charge on any atom is 0.155 e. The number of methoxy groups -OCH3 is 1. The van der Waals surface area contributed by atoms with E-state index in [0.717, 1.165) is 38.0 Å². The Hall–Kier alpha value is -1.53. The highest BCUT2D eigenvalue weighted by Gasteiger charge is 2.14. The van der Waals surface area contributed by atoms with E-state index < -0.39 is 0 Å². The minimum Gasteiger partial charge on any atom is -0.496 e. The summed E-state index contributed by atoms with van der Waals surface area (Å²) >= 11 is 7.12.